The van der Waals surface area contributed by atoms with Crippen molar-refractivity contribution in [1.29, 1.82) is 0 Å². The molecule has 6 nitrogen and oxygen atoms in total. The summed E-state index contributed by atoms with van der Waals surface area (Å²) >= 11 is 0. The molecule has 26 heavy (non-hydrogen) atoms. The number of nitrogens with zero attached hydrogens (tertiary/aromatic N) is 1. The third kappa shape index (κ3) is 3.57. The van der Waals surface area contributed by atoms with Crippen LogP contribution in [-0.2, 0) is 20.0 Å². The van der Waals surface area contributed by atoms with Crippen LogP contribution in [0.25, 0.3) is 0 Å². The van der Waals surface area contributed by atoms with Crippen LogP contribution in [0.5, 0.6) is 0 Å². The van der Waals surface area contributed by atoms with Crippen LogP contribution in [0.4, 0.5) is 11.4 Å². The van der Waals surface area contributed by atoms with Crippen LogP contribution >= 0.6 is 0 Å². The SMILES string of the molecule is Cc1ccc(S(=O)(=O)Nc2ccc(N3CCCS3(=O)=O)c(C)c2)c(C)c1. The van der Waals surface area contributed by atoms with Crippen molar-refractivity contribution < 1.29 is 16.8 Å². The number of benzene rings is 2. The van der Waals surface area contributed by atoms with Crippen LogP contribution < -0.4 is 9.03 Å². The second kappa shape index (κ2) is 6.59. The van der Waals surface area contributed by atoms with Crippen molar-refractivity contribution in [2.45, 2.75) is 32.1 Å². The van der Waals surface area contributed by atoms with Gasteiger partial charge in [-0.05, 0) is 62.6 Å². The Kier molecular flexibility index (Phi) is 4.74. The highest BCUT2D eigenvalue weighted by molar-refractivity contribution is 7.93. The topological polar surface area (TPSA) is 83.6 Å². The molecule has 0 spiro atoms. The standard InChI is InChI=1S/C18H22N2O4S2/c1-13-5-8-18(15(3)11-13)26(23,24)19-16-6-7-17(14(2)12-16)20-9-4-10-25(20,21)22/h5-8,11-12,19H,4,9-10H2,1-3H3. The Labute approximate surface area is 155 Å². The zero-order chi connectivity index (χ0) is 19.1. The van der Waals surface area contributed by atoms with E-state index >= 15 is 0 Å². The highest BCUT2D eigenvalue weighted by Crippen LogP contribution is 2.30. The summed E-state index contributed by atoms with van der Waals surface area (Å²) in [6.45, 7) is 5.90. The normalized spacial score (nSPS) is 16.7. The van der Waals surface area contributed by atoms with E-state index in [-0.39, 0.29) is 10.6 Å². The van der Waals surface area contributed by atoms with E-state index in [1.165, 1.54) is 4.31 Å². The fraction of sp³-hybridized carbons (Fsp3) is 0.333. The van der Waals surface area contributed by atoms with Gasteiger partial charge < -0.3 is 0 Å². The van der Waals surface area contributed by atoms with Crippen LogP contribution in [0, 0.1) is 20.8 Å². The Morgan fingerprint density at radius 3 is 2.31 bits per heavy atom. The molecule has 1 heterocycles. The smallest absolute Gasteiger partial charge is 0.262 e. The van der Waals surface area contributed by atoms with Gasteiger partial charge in [0.25, 0.3) is 10.0 Å². The summed E-state index contributed by atoms with van der Waals surface area (Å²) in [5.41, 5.74) is 3.37. The maximum Gasteiger partial charge on any atom is 0.262 e. The van der Waals surface area contributed by atoms with Gasteiger partial charge >= 0.3 is 0 Å². The third-order valence-electron chi connectivity index (χ3n) is 4.44. The number of rotatable bonds is 4. The van der Waals surface area contributed by atoms with Crippen molar-refractivity contribution in [1.82, 2.24) is 0 Å². The molecule has 8 heteroatoms. The van der Waals surface area contributed by atoms with Crippen LogP contribution in [0.1, 0.15) is 23.1 Å². The van der Waals surface area contributed by atoms with E-state index < -0.39 is 20.0 Å². The minimum Gasteiger partial charge on any atom is -0.280 e. The van der Waals surface area contributed by atoms with E-state index in [9.17, 15) is 16.8 Å². The average molecular weight is 395 g/mol. The molecule has 3 rings (SSSR count). The molecule has 1 aliphatic rings. The lowest BCUT2D eigenvalue weighted by Gasteiger charge is -2.20. The van der Waals surface area contributed by atoms with Gasteiger partial charge in [-0.2, -0.15) is 0 Å². The number of nitrogens with one attached hydrogen (secondary N) is 1. The molecule has 0 radical (unpaired) electrons. The second-order valence-corrected chi connectivity index (χ2v) is 10.3. The van der Waals surface area contributed by atoms with E-state index in [4.69, 9.17) is 0 Å². The molecule has 0 amide bonds. The molecule has 1 aliphatic heterocycles. The molecule has 2 aromatic rings. The highest BCUT2D eigenvalue weighted by atomic mass is 32.2. The predicted molar refractivity (Wildman–Crippen MR) is 104 cm³/mol. The van der Waals surface area contributed by atoms with Crippen molar-refractivity contribution in [2.24, 2.45) is 0 Å². The molecule has 0 bridgehead atoms. The zero-order valence-electron chi connectivity index (χ0n) is 15.0. The van der Waals surface area contributed by atoms with E-state index in [1.807, 2.05) is 13.0 Å². The number of hydrogen-bond acceptors (Lipinski definition) is 4. The Balaban J connectivity index is 1.90. The lowest BCUT2D eigenvalue weighted by molar-refractivity contribution is 0.598. The first-order valence-corrected chi connectivity index (χ1v) is 11.4. The Hall–Kier alpha value is -2.06. The fourth-order valence-electron chi connectivity index (χ4n) is 3.22. The van der Waals surface area contributed by atoms with Crippen LogP contribution in [-0.4, -0.2) is 29.1 Å². The quantitative estimate of drug-likeness (QED) is 0.864. The second-order valence-electron chi connectivity index (χ2n) is 6.62. The Bertz CT molecular complexity index is 1060. The summed E-state index contributed by atoms with van der Waals surface area (Å²) in [6, 6.07) is 10.1. The number of anilines is 2. The first kappa shape index (κ1) is 18.7. The number of aryl methyl sites for hydroxylation is 3. The molecule has 0 atom stereocenters. The summed E-state index contributed by atoms with van der Waals surface area (Å²) < 4.78 is 53.5. The van der Waals surface area contributed by atoms with Gasteiger partial charge in [0.05, 0.1) is 16.3 Å². The van der Waals surface area contributed by atoms with Crippen molar-refractivity contribution in [2.75, 3.05) is 21.3 Å². The van der Waals surface area contributed by atoms with Crippen LogP contribution in [0.3, 0.4) is 0 Å². The molecular formula is C18H22N2O4S2. The molecule has 0 saturated carbocycles. The van der Waals surface area contributed by atoms with E-state index in [0.29, 0.717) is 35.5 Å². The van der Waals surface area contributed by atoms with Crippen LogP contribution in [0.15, 0.2) is 41.3 Å². The van der Waals surface area contributed by atoms with E-state index in [1.54, 1.807) is 44.2 Å². The molecule has 0 unspecified atom stereocenters. The molecule has 140 valence electrons. The van der Waals surface area contributed by atoms with Gasteiger partial charge in [-0.25, -0.2) is 16.8 Å². The summed E-state index contributed by atoms with van der Waals surface area (Å²) in [5, 5.41) is 0. The minimum absolute atomic E-state index is 0.146. The van der Waals surface area contributed by atoms with Gasteiger partial charge in [-0.15, -0.1) is 0 Å². The minimum atomic E-state index is -3.71. The summed E-state index contributed by atoms with van der Waals surface area (Å²) in [7, 11) is -6.98. The maximum absolute atomic E-state index is 12.7. The number of hydrogen-bond donors (Lipinski definition) is 1. The van der Waals surface area contributed by atoms with Gasteiger partial charge in [0.15, 0.2) is 0 Å². The van der Waals surface area contributed by atoms with Gasteiger partial charge in [0, 0.05) is 12.2 Å². The Morgan fingerprint density at radius 2 is 1.73 bits per heavy atom. The lowest BCUT2D eigenvalue weighted by atomic mass is 10.2. The van der Waals surface area contributed by atoms with Crippen molar-refractivity contribution in [3.8, 4) is 0 Å². The van der Waals surface area contributed by atoms with Gasteiger partial charge in [0.2, 0.25) is 10.0 Å². The van der Waals surface area contributed by atoms with Crippen LogP contribution in [0.2, 0.25) is 0 Å². The molecular weight excluding hydrogens is 372 g/mol. The fourth-order valence-corrected chi connectivity index (χ4v) is 6.12. The van der Waals surface area contributed by atoms with E-state index in [2.05, 4.69) is 4.72 Å². The molecule has 0 aromatic heterocycles. The summed E-state index contributed by atoms with van der Waals surface area (Å²) in [6.07, 6.45) is 0.600. The van der Waals surface area contributed by atoms with Gasteiger partial charge in [0.1, 0.15) is 0 Å². The zero-order valence-corrected chi connectivity index (χ0v) is 16.6. The van der Waals surface area contributed by atoms with Gasteiger partial charge in [-0.1, -0.05) is 17.7 Å². The van der Waals surface area contributed by atoms with E-state index in [0.717, 1.165) is 5.56 Å². The molecule has 0 aliphatic carbocycles. The maximum atomic E-state index is 12.7. The summed E-state index contributed by atoms with van der Waals surface area (Å²) in [5.74, 6) is 0.146. The largest absolute Gasteiger partial charge is 0.280 e. The molecule has 1 saturated heterocycles. The predicted octanol–water partition coefficient (Wildman–Crippen LogP) is 2.95. The third-order valence-corrected chi connectivity index (χ3v) is 7.83. The van der Waals surface area contributed by atoms with Gasteiger partial charge in [-0.3, -0.25) is 9.03 Å². The number of sulfonamides is 2. The molecule has 1 N–H and O–H groups in total. The molecule has 2 aromatic carbocycles. The van der Waals surface area contributed by atoms with Crippen molar-refractivity contribution >= 4 is 31.4 Å². The first-order valence-electron chi connectivity index (χ1n) is 8.31. The lowest BCUT2D eigenvalue weighted by Crippen LogP contribution is -2.25. The highest BCUT2D eigenvalue weighted by Gasteiger charge is 2.29. The first-order chi connectivity index (χ1) is 12.1. The Morgan fingerprint density at radius 1 is 1.00 bits per heavy atom. The summed E-state index contributed by atoms with van der Waals surface area (Å²) in [4.78, 5) is 0.229. The monoisotopic (exact) mass is 394 g/mol. The van der Waals surface area contributed by atoms with Crippen molar-refractivity contribution in [3.63, 3.8) is 0 Å². The average Bonchev–Trinajstić information content (AvgIpc) is 2.86. The molecule has 1 fully saturated rings. The van der Waals surface area contributed by atoms with Crippen molar-refractivity contribution in [3.05, 3.63) is 53.1 Å².